The van der Waals surface area contributed by atoms with Crippen LogP contribution < -0.4 is 5.32 Å². The summed E-state index contributed by atoms with van der Waals surface area (Å²) >= 11 is 0. The summed E-state index contributed by atoms with van der Waals surface area (Å²) in [6.07, 6.45) is -3.32. The van der Waals surface area contributed by atoms with E-state index in [2.05, 4.69) is 10.4 Å². The van der Waals surface area contributed by atoms with Gasteiger partial charge in [0.25, 0.3) is 0 Å². The third-order valence-electron chi connectivity index (χ3n) is 3.90. The Morgan fingerprint density at radius 2 is 1.86 bits per heavy atom. The van der Waals surface area contributed by atoms with Gasteiger partial charge in [0.1, 0.15) is 5.60 Å². The number of nitrogens with zero attached hydrogens (tertiary/aromatic N) is 2. The number of hydrogen-bond donors (Lipinski definition) is 1. The van der Waals surface area contributed by atoms with Gasteiger partial charge in [-0.3, -0.25) is 0 Å². The Balaban J connectivity index is 1.87. The molecule has 0 saturated heterocycles. The van der Waals surface area contributed by atoms with Crippen LogP contribution in [0.2, 0.25) is 0 Å². The Morgan fingerprint density at radius 3 is 2.54 bits per heavy atom. The Hall–Kier alpha value is -3.03. The van der Waals surface area contributed by atoms with E-state index in [9.17, 15) is 18.0 Å². The van der Waals surface area contributed by atoms with E-state index >= 15 is 0 Å². The molecule has 28 heavy (non-hydrogen) atoms. The van der Waals surface area contributed by atoms with Crippen LogP contribution in [0.5, 0.6) is 0 Å². The summed E-state index contributed by atoms with van der Waals surface area (Å²) in [5, 5.41) is 7.54. The number of halogens is 3. The number of alkyl carbamates (subject to hydrolysis) is 1. The summed E-state index contributed by atoms with van der Waals surface area (Å²) in [7, 11) is 0. The number of amides is 1. The largest absolute Gasteiger partial charge is 0.444 e. The lowest BCUT2D eigenvalue weighted by atomic mass is 10.1. The molecule has 0 atom stereocenters. The fourth-order valence-electron chi connectivity index (χ4n) is 2.68. The zero-order valence-electron chi connectivity index (χ0n) is 15.7. The van der Waals surface area contributed by atoms with Crippen LogP contribution >= 0.6 is 0 Å². The predicted molar refractivity (Wildman–Crippen MR) is 99.1 cm³/mol. The molecule has 0 aliphatic carbocycles. The monoisotopic (exact) mass is 391 g/mol. The first kappa shape index (κ1) is 19.7. The second kappa shape index (κ2) is 7.18. The maximum absolute atomic E-state index is 12.9. The van der Waals surface area contributed by atoms with Crippen LogP contribution in [-0.2, 0) is 17.5 Å². The minimum Gasteiger partial charge on any atom is -0.444 e. The van der Waals surface area contributed by atoms with Gasteiger partial charge in [-0.25, -0.2) is 9.48 Å². The van der Waals surface area contributed by atoms with Crippen molar-refractivity contribution >= 4 is 17.0 Å². The van der Waals surface area contributed by atoms with Crippen LogP contribution in [0.15, 0.2) is 48.7 Å². The molecule has 148 valence electrons. The SMILES string of the molecule is CC(C)(C)OC(=O)NCc1ccccc1-n1cc2ccc(C(F)(F)F)cc2n1. The number of carbonyl (C=O) groups excluding carboxylic acids is 1. The van der Waals surface area contributed by atoms with Crippen LogP contribution in [0.3, 0.4) is 0 Å². The van der Waals surface area contributed by atoms with E-state index in [1.165, 1.54) is 10.7 Å². The normalized spacial score (nSPS) is 12.2. The molecule has 0 radical (unpaired) electrons. The molecule has 5 nitrogen and oxygen atoms in total. The van der Waals surface area contributed by atoms with Gasteiger partial charge in [0, 0.05) is 18.1 Å². The Bertz CT molecular complexity index is 1000. The van der Waals surface area contributed by atoms with E-state index in [1.807, 2.05) is 0 Å². The number of para-hydroxylation sites is 1. The molecule has 0 saturated carbocycles. The van der Waals surface area contributed by atoms with Crippen LogP contribution in [0.4, 0.5) is 18.0 Å². The number of ether oxygens (including phenoxy) is 1. The molecule has 0 aliphatic rings. The van der Waals surface area contributed by atoms with Gasteiger partial charge in [-0.2, -0.15) is 18.3 Å². The molecule has 0 unspecified atom stereocenters. The first-order chi connectivity index (χ1) is 13.0. The fourth-order valence-corrected chi connectivity index (χ4v) is 2.68. The van der Waals surface area contributed by atoms with Gasteiger partial charge >= 0.3 is 12.3 Å². The maximum Gasteiger partial charge on any atom is 0.416 e. The Labute approximate surface area is 160 Å². The van der Waals surface area contributed by atoms with Gasteiger partial charge in [0.05, 0.1) is 16.8 Å². The summed E-state index contributed by atoms with van der Waals surface area (Å²) in [6.45, 7) is 5.50. The number of alkyl halides is 3. The number of fused-ring (bicyclic) bond motifs is 1. The zero-order valence-corrected chi connectivity index (χ0v) is 15.7. The molecule has 2 aromatic carbocycles. The van der Waals surface area contributed by atoms with Crippen LogP contribution in [-0.4, -0.2) is 21.5 Å². The minimum atomic E-state index is -4.42. The Kier molecular flexibility index (Phi) is 5.06. The molecule has 1 aromatic heterocycles. The van der Waals surface area contributed by atoms with Crippen molar-refractivity contribution in [2.45, 2.75) is 39.1 Å². The second-order valence-corrected chi connectivity index (χ2v) is 7.33. The quantitative estimate of drug-likeness (QED) is 0.678. The van der Waals surface area contributed by atoms with Crippen molar-refractivity contribution in [3.63, 3.8) is 0 Å². The molecule has 0 fully saturated rings. The second-order valence-electron chi connectivity index (χ2n) is 7.33. The smallest absolute Gasteiger partial charge is 0.416 e. The van der Waals surface area contributed by atoms with Crippen molar-refractivity contribution in [1.29, 1.82) is 0 Å². The summed E-state index contributed by atoms with van der Waals surface area (Å²) in [6, 6.07) is 10.6. The summed E-state index contributed by atoms with van der Waals surface area (Å²) in [5.41, 5.74) is 0.287. The highest BCUT2D eigenvalue weighted by Gasteiger charge is 2.30. The van der Waals surface area contributed by atoms with E-state index in [1.54, 1.807) is 51.2 Å². The molecule has 0 bridgehead atoms. The van der Waals surface area contributed by atoms with Crippen molar-refractivity contribution in [3.8, 4) is 5.69 Å². The first-order valence-electron chi connectivity index (χ1n) is 8.65. The lowest BCUT2D eigenvalue weighted by Gasteiger charge is -2.20. The number of nitrogens with one attached hydrogen (secondary N) is 1. The zero-order chi connectivity index (χ0) is 20.5. The van der Waals surface area contributed by atoms with E-state index in [0.29, 0.717) is 11.1 Å². The van der Waals surface area contributed by atoms with Crippen LogP contribution in [0, 0.1) is 0 Å². The lowest BCUT2D eigenvalue weighted by molar-refractivity contribution is -0.137. The highest BCUT2D eigenvalue weighted by atomic mass is 19.4. The lowest BCUT2D eigenvalue weighted by Crippen LogP contribution is -2.32. The van der Waals surface area contributed by atoms with Crippen molar-refractivity contribution in [3.05, 3.63) is 59.8 Å². The van der Waals surface area contributed by atoms with Crippen molar-refractivity contribution in [1.82, 2.24) is 15.1 Å². The number of carbonyl (C=O) groups is 1. The average Bonchev–Trinajstić information content (AvgIpc) is 3.01. The number of aromatic nitrogens is 2. The van der Waals surface area contributed by atoms with Crippen LogP contribution in [0.1, 0.15) is 31.9 Å². The molecule has 3 rings (SSSR count). The summed E-state index contributed by atoms with van der Waals surface area (Å²) < 4.78 is 45.5. The first-order valence-corrected chi connectivity index (χ1v) is 8.65. The highest BCUT2D eigenvalue weighted by Crippen LogP contribution is 2.31. The standard InChI is InChI=1S/C20H20F3N3O2/c1-19(2,3)28-18(27)24-11-13-6-4-5-7-17(13)26-12-14-8-9-15(20(21,22)23)10-16(14)25-26/h4-10,12H,11H2,1-3H3,(H,24,27). The number of hydrogen-bond acceptors (Lipinski definition) is 3. The van der Waals surface area contributed by atoms with Crippen molar-refractivity contribution < 1.29 is 22.7 Å². The minimum absolute atomic E-state index is 0.190. The van der Waals surface area contributed by atoms with Gasteiger partial charge in [-0.15, -0.1) is 0 Å². The average molecular weight is 391 g/mol. The molecule has 3 aromatic rings. The molecular formula is C20H20F3N3O2. The van der Waals surface area contributed by atoms with Gasteiger partial charge in [-0.1, -0.05) is 24.3 Å². The third kappa shape index (κ3) is 4.62. The van der Waals surface area contributed by atoms with Crippen molar-refractivity contribution in [2.24, 2.45) is 0 Å². The van der Waals surface area contributed by atoms with Gasteiger partial charge in [0.2, 0.25) is 0 Å². The fraction of sp³-hybridized carbons (Fsp3) is 0.300. The third-order valence-corrected chi connectivity index (χ3v) is 3.90. The molecule has 8 heteroatoms. The van der Waals surface area contributed by atoms with E-state index < -0.39 is 23.4 Å². The molecule has 1 N–H and O–H groups in total. The molecular weight excluding hydrogens is 371 g/mol. The molecule has 0 spiro atoms. The van der Waals surface area contributed by atoms with Gasteiger partial charge in [-0.05, 0) is 44.5 Å². The highest BCUT2D eigenvalue weighted by molar-refractivity contribution is 5.79. The van der Waals surface area contributed by atoms with E-state index in [4.69, 9.17) is 4.74 Å². The van der Waals surface area contributed by atoms with Gasteiger partial charge in [0.15, 0.2) is 0 Å². The number of rotatable bonds is 3. The van der Waals surface area contributed by atoms with E-state index in [-0.39, 0.29) is 12.1 Å². The van der Waals surface area contributed by atoms with Crippen LogP contribution in [0.25, 0.3) is 16.6 Å². The Morgan fingerprint density at radius 1 is 1.14 bits per heavy atom. The maximum atomic E-state index is 12.9. The summed E-state index contributed by atoms with van der Waals surface area (Å²) in [4.78, 5) is 11.9. The molecule has 1 heterocycles. The number of benzene rings is 2. The summed E-state index contributed by atoms with van der Waals surface area (Å²) in [5.74, 6) is 0. The van der Waals surface area contributed by atoms with Crippen molar-refractivity contribution in [2.75, 3.05) is 0 Å². The predicted octanol–water partition coefficient (Wildman–Crippen LogP) is 5.07. The topological polar surface area (TPSA) is 56.1 Å². The molecule has 0 aliphatic heterocycles. The van der Waals surface area contributed by atoms with Gasteiger partial charge < -0.3 is 10.1 Å². The molecule has 1 amide bonds. The van der Waals surface area contributed by atoms with E-state index in [0.717, 1.165) is 17.7 Å².